The van der Waals surface area contributed by atoms with Crippen molar-refractivity contribution in [3.63, 3.8) is 0 Å². The average molecular weight is 869 g/mol. The lowest BCUT2D eigenvalue weighted by Gasteiger charge is -2.42. The van der Waals surface area contributed by atoms with Crippen molar-refractivity contribution in [1.82, 2.24) is 29.9 Å². The monoisotopic (exact) mass is 868 g/mol. The summed E-state index contributed by atoms with van der Waals surface area (Å²) in [6.07, 6.45) is 0. The van der Waals surface area contributed by atoms with Crippen LogP contribution in [0.5, 0.6) is 0 Å². The molecule has 0 saturated heterocycles. The number of aromatic nitrogens is 6. The second kappa shape index (κ2) is 16.5. The molecule has 9 aromatic carbocycles. The molecular formula is C62H40N6. The van der Waals surface area contributed by atoms with Gasteiger partial charge in [0.25, 0.3) is 0 Å². The van der Waals surface area contributed by atoms with E-state index in [1.165, 1.54) is 44.5 Å². The molecule has 14 rings (SSSR count). The Kier molecular flexibility index (Phi) is 9.53. The van der Waals surface area contributed by atoms with Crippen LogP contribution in [0, 0.1) is 0 Å². The highest BCUT2D eigenvalue weighted by Crippen LogP contribution is 2.56. The third-order valence-corrected chi connectivity index (χ3v) is 13.4. The third kappa shape index (κ3) is 6.98. The summed E-state index contributed by atoms with van der Waals surface area (Å²) >= 11 is 0. The number of hydrogen-bond acceptors (Lipinski definition) is 6. The first-order chi connectivity index (χ1) is 33.7. The molecule has 318 valence electrons. The summed E-state index contributed by atoms with van der Waals surface area (Å²) in [7, 11) is 0. The van der Waals surface area contributed by atoms with Crippen molar-refractivity contribution in [3.05, 3.63) is 264 Å². The van der Waals surface area contributed by atoms with E-state index in [1.807, 2.05) is 121 Å². The Morgan fingerprint density at radius 1 is 0.176 bits per heavy atom. The molecule has 2 atom stereocenters. The molecule has 0 amide bonds. The Hall–Kier alpha value is -9.00. The van der Waals surface area contributed by atoms with Gasteiger partial charge in [-0.2, -0.15) is 0 Å². The molecule has 0 radical (unpaired) electrons. The molecule has 2 bridgehead atoms. The summed E-state index contributed by atoms with van der Waals surface area (Å²) in [4.78, 5) is 29.6. The van der Waals surface area contributed by atoms with Crippen LogP contribution in [0.4, 0.5) is 0 Å². The fourth-order valence-corrected chi connectivity index (χ4v) is 10.1. The molecule has 0 aliphatic heterocycles. The van der Waals surface area contributed by atoms with E-state index in [9.17, 15) is 0 Å². The van der Waals surface area contributed by atoms with Gasteiger partial charge in [-0.05, 0) is 67.8 Å². The molecular weight excluding hydrogens is 829 g/mol. The lowest BCUT2D eigenvalue weighted by atomic mass is 9.60. The highest BCUT2D eigenvalue weighted by Gasteiger charge is 2.41. The Bertz CT molecular complexity index is 3290. The summed E-state index contributed by atoms with van der Waals surface area (Å²) in [6, 6.07) is 80.9. The number of hydrogen-bond donors (Lipinski definition) is 0. The first-order valence-corrected chi connectivity index (χ1v) is 23.0. The van der Waals surface area contributed by atoms with Gasteiger partial charge in [-0.3, -0.25) is 0 Å². The van der Waals surface area contributed by atoms with E-state index in [1.54, 1.807) is 0 Å². The van der Waals surface area contributed by atoms with Gasteiger partial charge in [-0.25, -0.2) is 29.9 Å². The molecule has 0 N–H and O–H groups in total. The van der Waals surface area contributed by atoms with Crippen LogP contribution in [-0.2, 0) is 0 Å². The van der Waals surface area contributed by atoms with E-state index in [-0.39, 0.29) is 11.8 Å². The zero-order chi connectivity index (χ0) is 45.0. The van der Waals surface area contributed by atoms with Crippen molar-refractivity contribution in [3.8, 4) is 90.6 Å². The number of nitrogens with zero attached hydrogens (tertiary/aromatic N) is 6. The molecule has 2 heterocycles. The van der Waals surface area contributed by atoms with Crippen LogP contribution in [0.3, 0.4) is 0 Å². The van der Waals surface area contributed by atoms with Crippen LogP contribution >= 0.6 is 0 Å². The van der Waals surface area contributed by atoms with E-state index >= 15 is 0 Å². The molecule has 2 unspecified atom stereocenters. The van der Waals surface area contributed by atoms with E-state index < -0.39 is 0 Å². The van der Waals surface area contributed by atoms with Gasteiger partial charge in [-0.15, -0.1) is 0 Å². The van der Waals surface area contributed by atoms with Crippen molar-refractivity contribution in [2.75, 3.05) is 0 Å². The van der Waals surface area contributed by atoms with Crippen LogP contribution in [-0.4, -0.2) is 29.9 Å². The van der Waals surface area contributed by atoms with Crippen molar-refractivity contribution < 1.29 is 0 Å². The molecule has 0 spiro atoms. The van der Waals surface area contributed by atoms with Gasteiger partial charge in [0.05, 0.1) is 0 Å². The zero-order valence-electron chi connectivity index (χ0n) is 36.8. The molecule has 68 heavy (non-hydrogen) atoms. The van der Waals surface area contributed by atoms with Gasteiger partial charge in [0.15, 0.2) is 34.9 Å². The molecule has 3 aliphatic carbocycles. The molecule has 0 saturated carbocycles. The summed E-state index contributed by atoms with van der Waals surface area (Å²) in [5, 5.41) is 0. The zero-order valence-corrected chi connectivity index (χ0v) is 36.8. The summed E-state index contributed by atoms with van der Waals surface area (Å²) in [5.74, 6) is 4.18. The SMILES string of the molecule is c1ccc(-c2nc(-c3ccccc3)nc(-c3ccc(-c4ccc5c(c4)C4c6ccccc6C5c5cc(-c6ccc(-c7nc(-c8ccccc8)nc(-c8ccccc8)n7)cc6)ccc54)cc3)n2)cc1. The van der Waals surface area contributed by atoms with Crippen LogP contribution < -0.4 is 0 Å². The van der Waals surface area contributed by atoms with Crippen LogP contribution in [0.1, 0.15) is 45.2 Å². The molecule has 6 heteroatoms. The largest absolute Gasteiger partial charge is 0.208 e. The third-order valence-electron chi connectivity index (χ3n) is 13.4. The average Bonchev–Trinajstić information content (AvgIpc) is 3.43. The lowest BCUT2D eigenvalue weighted by Crippen LogP contribution is -2.27. The van der Waals surface area contributed by atoms with Crippen molar-refractivity contribution >= 4 is 0 Å². The van der Waals surface area contributed by atoms with Crippen LogP contribution in [0.15, 0.2) is 231 Å². The standard InChI is InChI=1S/C62H40N6/c1-5-15-41(16-6-1)57-63-58(42-17-7-2-8-18-42)66-61(65-57)45-29-25-39(26-30-45)47-33-35-51-53(37-47)55-49-23-13-14-24-50(49)56(51)54-38-48(34-36-52(54)55)40-27-31-46(32-28-40)62-67-59(43-19-9-3-10-20-43)64-60(68-62)44-21-11-4-12-22-44/h1-38,55-56H. The minimum absolute atomic E-state index is 0.136. The van der Waals surface area contributed by atoms with Gasteiger partial charge in [0.1, 0.15) is 0 Å². The topological polar surface area (TPSA) is 77.3 Å². The first-order valence-electron chi connectivity index (χ1n) is 23.0. The Morgan fingerprint density at radius 2 is 0.397 bits per heavy atom. The predicted molar refractivity (Wildman–Crippen MR) is 271 cm³/mol. The van der Waals surface area contributed by atoms with Crippen molar-refractivity contribution in [2.24, 2.45) is 0 Å². The second-order valence-corrected chi connectivity index (χ2v) is 17.4. The quantitative estimate of drug-likeness (QED) is 0.151. The molecule has 11 aromatic rings. The first kappa shape index (κ1) is 39.4. The summed E-state index contributed by atoms with van der Waals surface area (Å²) in [6.45, 7) is 0. The maximum Gasteiger partial charge on any atom is 0.164 e. The predicted octanol–water partition coefficient (Wildman–Crippen LogP) is 14.4. The van der Waals surface area contributed by atoms with Crippen LogP contribution in [0.25, 0.3) is 90.6 Å². The smallest absolute Gasteiger partial charge is 0.164 e. The van der Waals surface area contributed by atoms with Gasteiger partial charge >= 0.3 is 0 Å². The lowest BCUT2D eigenvalue weighted by molar-refractivity contribution is 0.755. The highest BCUT2D eigenvalue weighted by molar-refractivity contribution is 5.78. The van der Waals surface area contributed by atoms with Gasteiger partial charge in [0.2, 0.25) is 0 Å². The maximum atomic E-state index is 4.97. The Balaban J connectivity index is 0.821. The highest BCUT2D eigenvalue weighted by atomic mass is 15.0. The van der Waals surface area contributed by atoms with E-state index in [0.717, 1.165) is 44.5 Å². The van der Waals surface area contributed by atoms with Gasteiger partial charge < -0.3 is 0 Å². The van der Waals surface area contributed by atoms with Crippen molar-refractivity contribution in [2.45, 2.75) is 11.8 Å². The fourth-order valence-electron chi connectivity index (χ4n) is 10.1. The second-order valence-electron chi connectivity index (χ2n) is 17.4. The fraction of sp³-hybridized carbons (Fsp3) is 0.0323. The van der Waals surface area contributed by atoms with Gasteiger partial charge in [-0.1, -0.05) is 218 Å². The number of benzene rings is 9. The molecule has 3 aliphatic rings. The minimum Gasteiger partial charge on any atom is -0.208 e. The van der Waals surface area contributed by atoms with E-state index in [4.69, 9.17) is 29.9 Å². The number of rotatable bonds is 8. The Morgan fingerprint density at radius 3 is 0.691 bits per heavy atom. The van der Waals surface area contributed by atoms with Crippen LogP contribution in [0.2, 0.25) is 0 Å². The normalized spacial score (nSPS) is 14.2. The van der Waals surface area contributed by atoms with Gasteiger partial charge in [0, 0.05) is 45.2 Å². The summed E-state index contributed by atoms with van der Waals surface area (Å²) in [5.41, 5.74) is 18.7. The Labute approximate surface area is 394 Å². The summed E-state index contributed by atoms with van der Waals surface area (Å²) < 4.78 is 0. The molecule has 6 nitrogen and oxygen atoms in total. The maximum absolute atomic E-state index is 4.97. The minimum atomic E-state index is 0.136. The van der Waals surface area contributed by atoms with E-state index in [0.29, 0.717) is 34.9 Å². The molecule has 0 fully saturated rings. The molecule has 2 aromatic heterocycles. The van der Waals surface area contributed by atoms with E-state index in [2.05, 4.69) is 109 Å². The van der Waals surface area contributed by atoms with Crippen molar-refractivity contribution in [1.29, 1.82) is 0 Å².